The average molecular weight is 278 g/mol. The molecule has 0 radical (unpaired) electrons. The lowest BCUT2D eigenvalue weighted by atomic mass is 10.1. The molecule has 0 atom stereocenters. The topological polar surface area (TPSA) is 31.3 Å². The Morgan fingerprint density at radius 3 is 2.89 bits per heavy atom. The predicted molar refractivity (Wildman–Crippen MR) is 78.0 cm³/mol. The number of fused-ring (bicyclic) bond motifs is 2. The average Bonchev–Trinajstić information content (AvgIpc) is 2.81. The van der Waals surface area contributed by atoms with Gasteiger partial charge in [-0.1, -0.05) is 0 Å². The summed E-state index contributed by atoms with van der Waals surface area (Å²) in [5, 5.41) is 1.81. The Labute approximate surface area is 117 Å². The molecule has 3 heterocycles. The van der Waals surface area contributed by atoms with Gasteiger partial charge in [-0.2, -0.15) is 0 Å². The highest BCUT2D eigenvalue weighted by Crippen LogP contribution is 2.39. The van der Waals surface area contributed by atoms with Gasteiger partial charge in [-0.25, -0.2) is 10.1 Å². The van der Waals surface area contributed by atoms with E-state index in [2.05, 4.69) is 35.0 Å². The van der Waals surface area contributed by atoms with E-state index in [9.17, 15) is 0 Å². The summed E-state index contributed by atoms with van der Waals surface area (Å²) in [5.41, 5.74) is 3.53. The van der Waals surface area contributed by atoms with E-state index in [1.807, 2.05) is 17.5 Å². The van der Waals surface area contributed by atoms with Gasteiger partial charge in [0.25, 0.3) is 0 Å². The molecule has 0 aliphatic carbocycles. The Hall–Kier alpha value is -1.40. The smallest absolute Gasteiger partial charge is 0.138 e. The van der Waals surface area contributed by atoms with Gasteiger partial charge in [-0.05, 0) is 18.8 Å². The fourth-order valence-electron chi connectivity index (χ4n) is 2.72. The Morgan fingerprint density at radius 1 is 1.42 bits per heavy atom. The standard InChI is InChI=1S/C13H18N4OS/c1-9-6-15(2)13-11(12(9)19-4)14-5-10-7-16(18-3)8-17(10)13/h5,7H,6,8H2,1-4H3. The normalized spacial score (nSPS) is 22.1. The van der Waals surface area contributed by atoms with E-state index in [1.165, 1.54) is 16.3 Å². The van der Waals surface area contributed by atoms with Crippen LogP contribution in [0.3, 0.4) is 0 Å². The molecule has 0 bridgehead atoms. The van der Waals surface area contributed by atoms with Gasteiger partial charge in [-0.3, -0.25) is 4.84 Å². The van der Waals surface area contributed by atoms with Crippen molar-refractivity contribution in [2.24, 2.45) is 4.99 Å². The van der Waals surface area contributed by atoms with Crippen molar-refractivity contribution in [2.45, 2.75) is 6.92 Å². The van der Waals surface area contributed by atoms with Crippen LogP contribution in [0.15, 0.2) is 38.9 Å². The number of hydrogen-bond acceptors (Lipinski definition) is 6. The summed E-state index contributed by atoms with van der Waals surface area (Å²) in [7, 11) is 3.80. The van der Waals surface area contributed by atoms with Gasteiger partial charge >= 0.3 is 0 Å². The van der Waals surface area contributed by atoms with Crippen LogP contribution < -0.4 is 0 Å². The molecule has 0 fully saturated rings. The van der Waals surface area contributed by atoms with Crippen molar-refractivity contribution in [3.05, 3.63) is 33.9 Å². The van der Waals surface area contributed by atoms with E-state index < -0.39 is 0 Å². The zero-order chi connectivity index (χ0) is 13.6. The molecule has 19 heavy (non-hydrogen) atoms. The molecule has 0 unspecified atom stereocenters. The summed E-state index contributed by atoms with van der Waals surface area (Å²) in [6.07, 6.45) is 6.01. The Morgan fingerprint density at radius 2 is 2.21 bits per heavy atom. The zero-order valence-electron chi connectivity index (χ0n) is 11.7. The van der Waals surface area contributed by atoms with Gasteiger partial charge in [0.15, 0.2) is 0 Å². The monoisotopic (exact) mass is 278 g/mol. The van der Waals surface area contributed by atoms with Crippen LogP contribution in [0, 0.1) is 0 Å². The van der Waals surface area contributed by atoms with Crippen molar-refractivity contribution >= 4 is 18.0 Å². The molecule has 0 N–H and O–H groups in total. The number of nitrogens with zero attached hydrogens (tertiary/aromatic N) is 4. The van der Waals surface area contributed by atoms with E-state index in [0.29, 0.717) is 6.67 Å². The van der Waals surface area contributed by atoms with Crippen LogP contribution in [0.25, 0.3) is 0 Å². The summed E-state index contributed by atoms with van der Waals surface area (Å²) < 4.78 is 0. The van der Waals surface area contributed by atoms with Gasteiger partial charge in [0.1, 0.15) is 18.2 Å². The number of allylic oxidation sites excluding steroid dienone is 1. The van der Waals surface area contributed by atoms with Crippen molar-refractivity contribution in [2.75, 3.05) is 33.6 Å². The highest BCUT2D eigenvalue weighted by Gasteiger charge is 2.34. The fourth-order valence-corrected chi connectivity index (χ4v) is 3.47. The first-order valence-electron chi connectivity index (χ1n) is 6.19. The van der Waals surface area contributed by atoms with E-state index >= 15 is 0 Å². The van der Waals surface area contributed by atoms with Crippen molar-refractivity contribution in [1.29, 1.82) is 0 Å². The highest BCUT2D eigenvalue weighted by atomic mass is 32.2. The molecule has 0 spiro atoms. The van der Waals surface area contributed by atoms with Gasteiger partial charge in [-0.15, -0.1) is 11.8 Å². The largest absolute Gasteiger partial charge is 0.355 e. The quantitative estimate of drug-likeness (QED) is 0.769. The maximum atomic E-state index is 5.29. The molecule has 0 aromatic carbocycles. The Bertz CT molecular complexity index is 535. The van der Waals surface area contributed by atoms with Crippen LogP contribution in [0.1, 0.15) is 6.92 Å². The van der Waals surface area contributed by atoms with E-state index in [-0.39, 0.29) is 0 Å². The van der Waals surface area contributed by atoms with E-state index in [4.69, 9.17) is 4.84 Å². The third-order valence-electron chi connectivity index (χ3n) is 3.54. The van der Waals surface area contributed by atoms with Crippen LogP contribution >= 0.6 is 11.8 Å². The summed E-state index contributed by atoms with van der Waals surface area (Å²) in [4.78, 5) is 15.7. The minimum atomic E-state index is 0.710. The van der Waals surface area contributed by atoms with Crippen LogP contribution in [-0.4, -0.2) is 54.7 Å². The molecular weight excluding hydrogens is 260 g/mol. The minimum absolute atomic E-state index is 0.710. The molecular formula is C13H18N4OS. The molecule has 102 valence electrons. The summed E-state index contributed by atoms with van der Waals surface area (Å²) in [5.74, 6) is 1.17. The Kier molecular flexibility index (Phi) is 3.06. The van der Waals surface area contributed by atoms with Crippen molar-refractivity contribution in [3.63, 3.8) is 0 Å². The first-order chi connectivity index (χ1) is 9.15. The molecule has 3 aliphatic rings. The summed E-state index contributed by atoms with van der Waals surface area (Å²) in [6.45, 7) is 3.83. The minimum Gasteiger partial charge on any atom is -0.355 e. The fraction of sp³-hybridized carbons (Fsp3) is 0.462. The van der Waals surface area contributed by atoms with Crippen LogP contribution in [0.5, 0.6) is 0 Å². The van der Waals surface area contributed by atoms with Gasteiger partial charge < -0.3 is 9.80 Å². The lowest BCUT2D eigenvalue weighted by Crippen LogP contribution is -2.39. The predicted octanol–water partition coefficient (Wildman–Crippen LogP) is 1.80. The van der Waals surface area contributed by atoms with Crippen molar-refractivity contribution < 1.29 is 4.84 Å². The second kappa shape index (κ2) is 4.61. The second-order valence-electron chi connectivity index (χ2n) is 4.82. The van der Waals surface area contributed by atoms with Gasteiger partial charge in [0.05, 0.1) is 25.2 Å². The van der Waals surface area contributed by atoms with E-state index in [1.54, 1.807) is 18.9 Å². The molecule has 3 aliphatic heterocycles. The number of rotatable bonds is 2. The van der Waals surface area contributed by atoms with Crippen LogP contribution in [0.4, 0.5) is 0 Å². The summed E-state index contributed by atoms with van der Waals surface area (Å²) in [6, 6.07) is 0. The molecule has 3 rings (SSSR count). The molecule has 0 amide bonds. The van der Waals surface area contributed by atoms with Crippen LogP contribution in [-0.2, 0) is 4.84 Å². The molecule has 0 aromatic heterocycles. The van der Waals surface area contributed by atoms with Crippen molar-refractivity contribution in [1.82, 2.24) is 14.9 Å². The first kappa shape index (κ1) is 12.6. The lowest BCUT2D eigenvalue weighted by Gasteiger charge is -2.38. The maximum Gasteiger partial charge on any atom is 0.138 e. The molecule has 5 nitrogen and oxygen atoms in total. The van der Waals surface area contributed by atoms with Gasteiger partial charge in [0.2, 0.25) is 0 Å². The second-order valence-corrected chi connectivity index (χ2v) is 5.64. The van der Waals surface area contributed by atoms with E-state index in [0.717, 1.165) is 17.9 Å². The molecule has 0 saturated carbocycles. The first-order valence-corrected chi connectivity index (χ1v) is 7.42. The Balaban J connectivity index is 2.05. The lowest BCUT2D eigenvalue weighted by molar-refractivity contribution is -0.0968. The number of hydrogen-bond donors (Lipinski definition) is 0. The zero-order valence-corrected chi connectivity index (χ0v) is 12.5. The number of aliphatic imine (C=N–C) groups is 1. The van der Waals surface area contributed by atoms with Crippen LogP contribution in [0.2, 0.25) is 0 Å². The third kappa shape index (κ3) is 1.86. The summed E-state index contributed by atoms with van der Waals surface area (Å²) >= 11 is 1.77. The van der Waals surface area contributed by atoms with Gasteiger partial charge in [0, 0.05) is 18.5 Å². The SMILES string of the molecule is CON1C=C2C=NC3=C(N(C)CC(C)=C3SC)N2C1. The number of likely N-dealkylation sites (N-methyl/N-ethyl adjacent to an activating group) is 1. The maximum absolute atomic E-state index is 5.29. The third-order valence-corrected chi connectivity index (χ3v) is 4.49. The molecule has 0 aromatic rings. The number of thioether (sulfide) groups is 1. The number of hydroxylamine groups is 2. The molecule has 0 saturated heterocycles. The molecule has 6 heteroatoms. The highest BCUT2D eigenvalue weighted by molar-refractivity contribution is 8.02. The van der Waals surface area contributed by atoms with Crippen molar-refractivity contribution in [3.8, 4) is 0 Å².